The Bertz CT molecular complexity index is 1770. The summed E-state index contributed by atoms with van der Waals surface area (Å²) >= 11 is 6.21. The molecule has 1 heterocycles. The van der Waals surface area contributed by atoms with Crippen molar-refractivity contribution >= 4 is 38.2 Å². The number of anilines is 1. The number of rotatable bonds is 6. The van der Waals surface area contributed by atoms with Gasteiger partial charge in [0.15, 0.2) is 0 Å². The molecule has 0 bridgehead atoms. The molecule has 5 aromatic rings. The molecule has 2 atom stereocenters. The van der Waals surface area contributed by atoms with Gasteiger partial charge in [-0.1, -0.05) is 77.8 Å². The predicted molar refractivity (Wildman–Crippen MR) is 160 cm³/mol. The third-order valence-electron chi connectivity index (χ3n) is 7.69. The molecule has 0 spiro atoms. The first-order valence-electron chi connectivity index (χ1n) is 13.0. The second-order valence-electron chi connectivity index (χ2n) is 10.2. The second-order valence-corrected chi connectivity index (χ2v) is 12.5. The van der Waals surface area contributed by atoms with E-state index in [1.807, 2.05) is 73.8 Å². The first-order valence-corrected chi connectivity index (χ1v) is 14.8. The summed E-state index contributed by atoms with van der Waals surface area (Å²) < 4.78 is 31.7. The standard InChI is InChI=1S/C33H29ClN2O2S/c1-23-12-18-28(19-13-23)39(37,38)36(27-8-4-3-5-9-27)21-25-20-30(24-14-16-26(34)17-15-24)33(25)31-22-35(2)32-11-7-6-10-29(31)32/h3-19,21-22,30,33H,20H2,1-2H3/b25-21-/t30-,33+/m1/s1. The van der Waals surface area contributed by atoms with Crippen molar-refractivity contribution in [3.8, 4) is 0 Å². The van der Waals surface area contributed by atoms with Crippen LogP contribution in [0.15, 0.2) is 126 Å². The Kier molecular flexibility index (Phi) is 6.57. The summed E-state index contributed by atoms with van der Waals surface area (Å²) in [5.41, 5.74) is 6.25. The third-order valence-corrected chi connectivity index (χ3v) is 9.64. The Morgan fingerprint density at radius 1 is 0.872 bits per heavy atom. The maximum atomic E-state index is 14.0. The first-order chi connectivity index (χ1) is 18.8. The van der Waals surface area contributed by atoms with E-state index in [4.69, 9.17) is 11.6 Å². The van der Waals surface area contributed by atoms with E-state index in [-0.39, 0.29) is 16.7 Å². The number of benzene rings is 4. The lowest BCUT2D eigenvalue weighted by Gasteiger charge is -2.41. The lowest BCUT2D eigenvalue weighted by Crippen LogP contribution is -2.31. The quantitative estimate of drug-likeness (QED) is 0.213. The number of halogens is 1. The summed E-state index contributed by atoms with van der Waals surface area (Å²) in [6.07, 6.45) is 4.79. The summed E-state index contributed by atoms with van der Waals surface area (Å²) in [4.78, 5) is 0.268. The van der Waals surface area contributed by atoms with Crippen molar-refractivity contribution in [1.29, 1.82) is 0 Å². The molecule has 4 aromatic carbocycles. The van der Waals surface area contributed by atoms with Crippen molar-refractivity contribution in [2.24, 2.45) is 7.05 Å². The molecule has 1 aliphatic carbocycles. The number of hydrogen-bond donors (Lipinski definition) is 0. The molecule has 1 saturated carbocycles. The number of hydrogen-bond acceptors (Lipinski definition) is 2. The molecule has 4 nitrogen and oxygen atoms in total. The Labute approximate surface area is 234 Å². The molecule has 39 heavy (non-hydrogen) atoms. The summed E-state index contributed by atoms with van der Waals surface area (Å²) in [6, 6.07) is 32.7. The van der Waals surface area contributed by atoms with Crippen molar-refractivity contribution in [1.82, 2.24) is 4.57 Å². The average Bonchev–Trinajstić information content (AvgIpc) is 3.25. The van der Waals surface area contributed by atoms with Gasteiger partial charge in [0.1, 0.15) is 0 Å². The van der Waals surface area contributed by atoms with Gasteiger partial charge in [0, 0.05) is 41.3 Å². The highest BCUT2D eigenvalue weighted by atomic mass is 35.5. The minimum absolute atomic E-state index is 0.0247. The third kappa shape index (κ3) is 4.66. The van der Waals surface area contributed by atoms with Crippen LogP contribution in [0, 0.1) is 6.92 Å². The topological polar surface area (TPSA) is 42.3 Å². The molecule has 1 aliphatic rings. The van der Waals surface area contributed by atoms with Crippen molar-refractivity contribution in [2.45, 2.75) is 30.1 Å². The predicted octanol–water partition coefficient (Wildman–Crippen LogP) is 8.19. The number of para-hydroxylation sites is 2. The van der Waals surface area contributed by atoms with E-state index < -0.39 is 10.0 Å². The van der Waals surface area contributed by atoms with Gasteiger partial charge in [0.25, 0.3) is 10.0 Å². The minimum Gasteiger partial charge on any atom is -0.350 e. The lowest BCUT2D eigenvalue weighted by atomic mass is 9.63. The van der Waals surface area contributed by atoms with Crippen molar-refractivity contribution in [3.05, 3.63) is 143 Å². The fraction of sp³-hybridized carbons (Fsp3) is 0.152. The van der Waals surface area contributed by atoms with Gasteiger partial charge < -0.3 is 4.57 Å². The first kappa shape index (κ1) is 25.5. The molecule has 0 unspecified atom stereocenters. The van der Waals surface area contributed by atoms with Crippen LogP contribution in [0.3, 0.4) is 0 Å². The zero-order chi connectivity index (χ0) is 27.1. The molecule has 0 aliphatic heterocycles. The number of aryl methyl sites for hydroxylation is 2. The van der Waals surface area contributed by atoms with Crippen LogP contribution in [-0.4, -0.2) is 13.0 Å². The SMILES string of the molecule is Cc1ccc(S(=O)(=O)N(/C=C2/C[C@H](c3ccc(Cl)cc3)[C@H]2c2cn(C)c3ccccc23)c2ccccc2)cc1. The Balaban J connectivity index is 1.50. The molecule has 6 heteroatoms. The highest BCUT2D eigenvalue weighted by Gasteiger charge is 2.41. The van der Waals surface area contributed by atoms with E-state index in [0.717, 1.165) is 23.1 Å². The minimum atomic E-state index is -3.84. The van der Waals surface area contributed by atoms with E-state index >= 15 is 0 Å². The molecule has 0 radical (unpaired) electrons. The molecule has 1 aromatic heterocycles. The Morgan fingerprint density at radius 3 is 2.26 bits per heavy atom. The van der Waals surface area contributed by atoms with Crippen LogP contribution in [0.2, 0.25) is 5.02 Å². The van der Waals surface area contributed by atoms with E-state index in [1.54, 1.807) is 12.1 Å². The molecular weight excluding hydrogens is 524 g/mol. The molecule has 0 saturated heterocycles. The number of aromatic nitrogens is 1. The summed E-state index contributed by atoms with van der Waals surface area (Å²) in [5.74, 6) is 0.232. The molecule has 0 amide bonds. The number of fused-ring (bicyclic) bond motifs is 1. The summed E-state index contributed by atoms with van der Waals surface area (Å²) in [5, 5.41) is 1.89. The highest BCUT2D eigenvalue weighted by Crippen LogP contribution is 2.55. The van der Waals surface area contributed by atoms with E-state index in [1.165, 1.54) is 20.8 Å². The van der Waals surface area contributed by atoms with Gasteiger partial charge in [-0.2, -0.15) is 0 Å². The van der Waals surface area contributed by atoms with Gasteiger partial charge in [-0.05, 0) is 78.4 Å². The molecule has 0 N–H and O–H groups in total. The zero-order valence-electron chi connectivity index (χ0n) is 21.8. The van der Waals surface area contributed by atoms with Crippen LogP contribution < -0.4 is 4.31 Å². The highest BCUT2D eigenvalue weighted by molar-refractivity contribution is 7.93. The van der Waals surface area contributed by atoms with Crippen molar-refractivity contribution < 1.29 is 8.42 Å². The normalized spacial score (nSPS) is 18.3. The van der Waals surface area contributed by atoms with Crippen LogP contribution >= 0.6 is 11.6 Å². The van der Waals surface area contributed by atoms with Gasteiger partial charge >= 0.3 is 0 Å². The molecular formula is C33H29ClN2O2S. The Hall–Kier alpha value is -3.80. The number of allylic oxidation sites excluding steroid dienone is 1. The van der Waals surface area contributed by atoms with Gasteiger partial charge in [0.2, 0.25) is 0 Å². The summed E-state index contributed by atoms with van der Waals surface area (Å²) in [6.45, 7) is 1.95. The maximum absolute atomic E-state index is 14.0. The van der Waals surface area contributed by atoms with Crippen molar-refractivity contribution in [2.75, 3.05) is 4.31 Å². The van der Waals surface area contributed by atoms with Crippen LogP contribution in [0.5, 0.6) is 0 Å². The largest absolute Gasteiger partial charge is 0.350 e. The molecule has 196 valence electrons. The monoisotopic (exact) mass is 552 g/mol. The van der Waals surface area contributed by atoms with Crippen LogP contribution in [0.25, 0.3) is 10.9 Å². The van der Waals surface area contributed by atoms with Crippen LogP contribution in [0.1, 0.15) is 34.9 Å². The van der Waals surface area contributed by atoms with E-state index in [2.05, 4.69) is 48.1 Å². The van der Waals surface area contributed by atoms with Crippen LogP contribution in [0.4, 0.5) is 5.69 Å². The van der Waals surface area contributed by atoms with Crippen molar-refractivity contribution in [3.63, 3.8) is 0 Å². The van der Waals surface area contributed by atoms with Gasteiger partial charge in [0.05, 0.1) is 10.6 Å². The number of sulfonamides is 1. The Morgan fingerprint density at radius 2 is 1.54 bits per heavy atom. The van der Waals surface area contributed by atoms with Gasteiger partial charge in [-0.15, -0.1) is 0 Å². The van der Waals surface area contributed by atoms with Crippen LogP contribution in [-0.2, 0) is 17.1 Å². The average molecular weight is 553 g/mol. The lowest BCUT2D eigenvalue weighted by molar-refractivity contribution is 0.469. The van der Waals surface area contributed by atoms with E-state index in [9.17, 15) is 8.42 Å². The van der Waals surface area contributed by atoms with Gasteiger partial charge in [-0.25, -0.2) is 12.7 Å². The smallest absolute Gasteiger partial charge is 0.268 e. The second kappa shape index (κ2) is 10.1. The fourth-order valence-corrected chi connectivity index (χ4v) is 7.13. The molecule has 1 fully saturated rings. The van der Waals surface area contributed by atoms with Gasteiger partial charge in [-0.3, -0.25) is 0 Å². The van der Waals surface area contributed by atoms with E-state index in [0.29, 0.717) is 10.7 Å². The zero-order valence-corrected chi connectivity index (χ0v) is 23.4. The fourth-order valence-electron chi connectivity index (χ4n) is 5.62. The molecule has 6 rings (SSSR count). The number of nitrogens with zero attached hydrogens (tertiary/aromatic N) is 2. The summed E-state index contributed by atoms with van der Waals surface area (Å²) in [7, 11) is -1.78. The maximum Gasteiger partial charge on any atom is 0.268 e.